The van der Waals surface area contributed by atoms with E-state index in [1.54, 1.807) is 25.1 Å². The van der Waals surface area contributed by atoms with E-state index in [9.17, 15) is 14.0 Å². The van der Waals surface area contributed by atoms with Gasteiger partial charge in [0.2, 0.25) is 5.67 Å². The maximum atomic E-state index is 14.2. The first-order valence-electron chi connectivity index (χ1n) is 6.53. The zero-order valence-electron chi connectivity index (χ0n) is 11.2. The minimum absolute atomic E-state index is 0.0103. The minimum Gasteiger partial charge on any atom is -0.462 e. The molecule has 1 saturated heterocycles. The van der Waals surface area contributed by atoms with E-state index in [-0.39, 0.29) is 19.6 Å². The van der Waals surface area contributed by atoms with Crippen molar-refractivity contribution >= 4 is 17.6 Å². The van der Waals surface area contributed by atoms with E-state index in [1.165, 1.54) is 6.07 Å². The molecule has 1 amide bonds. The van der Waals surface area contributed by atoms with Crippen molar-refractivity contribution in [2.24, 2.45) is 0 Å². The number of esters is 1. The average Bonchev–Trinajstić information content (AvgIpc) is 2.88. The van der Waals surface area contributed by atoms with E-state index in [2.05, 4.69) is 10.6 Å². The number of benzene rings is 1. The van der Waals surface area contributed by atoms with Gasteiger partial charge in [0.15, 0.2) is 0 Å². The first kappa shape index (κ1) is 14.5. The van der Waals surface area contributed by atoms with Crippen LogP contribution in [-0.4, -0.2) is 37.2 Å². The van der Waals surface area contributed by atoms with Crippen LogP contribution in [0.3, 0.4) is 0 Å². The van der Waals surface area contributed by atoms with E-state index in [0.29, 0.717) is 17.8 Å². The zero-order valence-corrected chi connectivity index (χ0v) is 11.2. The topological polar surface area (TPSA) is 67.4 Å². The highest BCUT2D eigenvalue weighted by Crippen LogP contribution is 2.22. The molecule has 2 N–H and O–H groups in total. The summed E-state index contributed by atoms with van der Waals surface area (Å²) in [6.45, 7) is 2.47. The van der Waals surface area contributed by atoms with Crippen LogP contribution in [0.5, 0.6) is 0 Å². The molecule has 1 aliphatic rings. The van der Waals surface area contributed by atoms with Crippen molar-refractivity contribution in [2.45, 2.75) is 19.0 Å². The average molecular weight is 280 g/mol. The number of carbonyl (C=O) groups excluding carboxylic acids is 2. The molecule has 6 heteroatoms. The van der Waals surface area contributed by atoms with Crippen molar-refractivity contribution in [1.82, 2.24) is 5.32 Å². The van der Waals surface area contributed by atoms with E-state index < -0.39 is 17.5 Å². The third-order valence-electron chi connectivity index (χ3n) is 3.14. The summed E-state index contributed by atoms with van der Waals surface area (Å²) in [5, 5.41) is 5.32. The lowest BCUT2D eigenvalue weighted by atomic mass is 10.0. The molecule has 2 rings (SSSR count). The SMILES string of the molecule is CCOC(=O)c1cccc(NC(=O)C2(F)CCNC2)c1. The predicted molar refractivity (Wildman–Crippen MR) is 72.4 cm³/mol. The van der Waals surface area contributed by atoms with Crippen molar-refractivity contribution < 1.29 is 18.7 Å². The maximum Gasteiger partial charge on any atom is 0.338 e. The number of nitrogens with one attached hydrogen (secondary N) is 2. The summed E-state index contributed by atoms with van der Waals surface area (Å²) in [5.41, 5.74) is -1.19. The van der Waals surface area contributed by atoms with Gasteiger partial charge in [0, 0.05) is 18.7 Å². The molecule has 5 nitrogen and oxygen atoms in total. The number of carbonyl (C=O) groups is 2. The Bertz CT molecular complexity index is 513. The Morgan fingerprint density at radius 2 is 2.30 bits per heavy atom. The molecule has 1 aromatic carbocycles. The number of ether oxygens (including phenoxy) is 1. The summed E-state index contributed by atoms with van der Waals surface area (Å²) in [5.74, 6) is -1.16. The summed E-state index contributed by atoms with van der Waals surface area (Å²) < 4.78 is 19.1. The van der Waals surface area contributed by atoms with Crippen molar-refractivity contribution in [3.05, 3.63) is 29.8 Å². The number of hydrogen-bond donors (Lipinski definition) is 2. The number of amides is 1. The van der Waals surface area contributed by atoms with Crippen LogP contribution in [0.1, 0.15) is 23.7 Å². The Hall–Kier alpha value is -1.95. The summed E-state index contributed by atoms with van der Waals surface area (Å²) in [6, 6.07) is 6.27. The van der Waals surface area contributed by atoms with Gasteiger partial charge in [0.05, 0.1) is 12.2 Å². The monoisotopic (exact) mass is 280 g/mol. The lowest BCUT2D eigenvalue weighted by Gasteiger charge is -2.17. The summed E-state index contributed by atoms with van der Waals surface area (Å²) in [4.78, 5) is 23.5. The molecule has 1 atom stereocenters. The van der Waals surface area contributed by atoms with Crippen molar-refractivity contribution in [1.29, 1.82) is 0 Å². The van der Waals surface area contributed by atoms with Crippen molar-refractivity contribution in [2.75, 3.05) is 25.0 Å². The van der Waals surface area contributed by atoms with Crippen LogP contribution in [0.4, 0.5) is 10.1 Å². The number of anilines is 1. The Morgan fingerprint density at radius 1 is 1.50 bits per heavy atom. The summed E-state index contributed by atoms with van der Waals surface area (Å²) in [7, 11) is 0. The normalized spacial score (nSPS) is 21.5. The van der Waals surface area contributed by atoms with Crippen LogP contribution < -0.4 is 10.6 Å². The second-order valence-electron chi connectivity index (χ2n) is 4.65. The number of rotatable bonds is 4. The Labute approximate surface area is 116 Å². The predicted octanol–water partition coefficient (Wildman–Crippen LogP) is 1.50. The van der Waals surface area contributed by atoms with Gasteiger partial charge in [-0.25, -0.2) is 9.18 Å². The minimum atomic E-state index is -1.89. The summed E-state index contributed by atoms with van der Waals surface area (Å²) >= 11 is 0. The second-order valence-corrected chi connectivity index (χ2v) is 4.65. The van der Waals surface area contributed by atoms with Crippen LogP contribution in [0.2, 0.25) is 0 Å². The number of halogens is 1. The molecular formula is C14H17FN2O3. The highest BCUT2D eigenvalue weighted by atomic mass is 19.1. The maximum absolute atomic E-state index is 14.2. The molecule has 0 aliphatic carbocycles. The first-order chi connectivity index (χ1) is 9.55. The second kappa shape index (κ2) is 6.00. The number of hydrogen-bond acceptors (Lipinski definition) is 4. The Balaban J connectivity index is 2.08. The van der Waals surface area contributed by atoms with E-state index >= 15 is 0 Å². The summed E-state index contributed by atoms with van der Waals surface area (Å²) in [6.07, 6.45) is 0.149. The van der Waals surface area contributed by atoms with E-state index in [4.69, 9.17) is 4.74 Å². The third-order valence-corrected chi connectivity index (χ3v) is 3.14. The molecule has 0 aromatic heterocycles. The van der Waals surface area contributed by atoms with Gasteiger partial charge in [-0.2, -0.15) is 0 Å². The third kappa shape index (κ3) is 3.14. The van der Waals surface area contributed by atoms with Crippen molar-refractivity contribution in [3.8, 4) is 0 Å². The van der Waals surface area contributed by atoms with Gasteiger partial charge >= 0.3 is 5.97 Å². The van der Waals surface area contributed by atoms with Gasteiger partial charge in [-0.05, 0) is 31.7 Å². The van der Waals surface area contributed by atoms with E-state index in [1.807, 2.05) is 0 Å². The zero-order chi connectivity index (χ0) is 14.6. The molecule has 20 heavy (non-hydrogen) atoms. The molecule has 1 unspecified atom stereocenters. The van der Waals surface area contributed by atoms with Gasteiger partial charge in [-0.1, -0.05) is 6.07 Å². The van der Waals surface area contributed by atoms with Gasteiger partial charge in [-0.3, -0.25) is 4.79 Å². The highest BCUT2D eigenvalue weighted by molar-refractivity contribution is 5.99. The molecule has 1 aromatic rings. The Morgan fingerprint density at radius 3 is 2.95 bits per heavy atom. The molecule has 0 spiro atoms. The van der Waals surface area contributed by atoms with Gasteiger partial charge in [0.25, 0.3) is 5.91 Å². The standard InChI is InChI=1S/C14H17FN2O3/c1-2-20-12(18)10-4-3-5-11(8-10)17-13(19)14(15)6-7-16-9-14/h3-5,8,16H,2,6-7,9H2,1H3,(H,17,19). The first-order valence-corrected chi connectivity index (χ1v) is 6.53. The van der Waals surface area contributed by atoms with Crippen molar-refractivity contribution in [3.63, 3.8) is 0 Å². The van der Waals surface area contributed by atoms with Crippen LogP contribution in [0.15, 0.2) is 24.3 Å². The molecular weight excluding hydrogens is 263 g/mol. The van der Waals surface area contributed by atoms with Crippen LogP contribution >= 0.6 is 0 Å². The fourth-order valence-electron chi connectivity index (χ4n) is 2.04. The van der Waals surface area contributed by atoms with Crippen LogP contribution in [0, 0.1) is 0 Å². The van der Waals surface area contributed by atoms with E-state index in [0.717, 1.165) is 0 Å². The fourth-order valence-corrected chi connectivity index (χ4v) is 2.04. The van der Waals surface area contributed by atoms with Crippen LogP contribution in [-0.2, 0) is 9.53 Å². The molecule has 1 aliphatic heterocycles. The molecule has 0 saturated carbocycles. The Kier molecular flexibility index (Phi) is 4.34. The lowest BCUT2D eigenvalue weighted by molar-refractivity contribution is -0.126. The molecule has 1 heterocycles. The molecule has 108 valence electrons. The van der Waals surface area contributed by atoms with Gasteiger partial charge < -0.3 is 15.4 Å². The van der Waals surface area contributed by atoms with Crippen LogP contribution in [0.25, 0.3) is 0 Å². The van der Waals surface area contributed by atoms with Gasteiger partial charge in [0.1, 0.15) is 0 Å². The fraction of sp³-hybridized carbons (Fsp3) is 0.429. The highest BCUT2D eigenvalue weighted by Gasteiger charge is 2.41. The molecule has 1 fully saturated rings. The smallest absolute Gasteiger partial charge is 0.338 e. The largest absolute Gasteiger partial charge is 0.462 e. The van der Waals surface area contributed by atoms with Gasteiger partial charge in [-0.15, -0.1) is 0 Å². The number of alkyl halides is 1. The lowest BCUT2D eigenvalue weighted by Crippen LogP contribution is -2.40. The molecule has 0 bridgehead atoms. The molecule has 0 radical (unpaired) electrons. The quantitative estimate of drug-likeness (QED) is 0.820.